The fourth-order valence-electron chi connectivity index (χ4n) is 3.84. The Morgan fingerprint density at radius 3 is 2.72 bits per heavy atom. The Balaban J connectivity index is 1.55. The minimum Gasteiger partial charge on any atom is -0.495 e. The summed E-state index contributed by atoms with van der Waals surface area (Å²) in [6.07, 6.45) is 4.02. The highest BCUT2D eigenvalue weighted by molar-refractivity contribution is 7.89. The number of ether oxygens (including phenoxy) is 1. The number of aromatic nitrogens is 3. The van der Waals surface area contributed by atoms with E-state index < -0.39 is 10.0 Å². The van der Waals surface area contributed by atoms with Crippen LogP contribution in [0.3, 0.4) is 0 Å². The smallest absolute Gasteiger partial charge is 0.345 e. The summed E-state index contributed by atoms with van der Waals surface area (Å²) in [6, 6.07) is 4.30. The van der Waals surface area contributed by atoms with E-state index in [0.29, 0.717) is 43.3 Å². The molecule has 1 aromatic carbocycles. The predicted octanol–water partition coefficient (Wildman–Crippen LogP) is 2.14. The van der Waals surface area contributed by atoms with Crippen LogP contribution in [-0.4, -0.2) is 47.3 Å². The summed E-state index contributed by atoms with van der Waals surface area (Å²) in [5.74, 6) is 1.57. The van der Waals surface area contributed by atoms with Gasteiger partial charge in [0, 0.05) is 37.6 Å². The van der Waals surface area contributed by atoms with E-state index in [2.05, 4.69) is 5.10 Å². The number of benzene rings is 1. The van der Waals surface area contributed by atoms with Crippen LogP contribution in [0.15, 0.2) is 27.9 Å². The highest BCUT2D eigenvalue weighted by Gasteiger charge is 2.33. The van der Waals surface area contributed by atoms with Crippen molar-refractivity contribution in [3.63, 3.8) is 0 Å². The lowest BCUT2D eigenvalue weighted by Gasteiger charge is -2.27. The Labute approximate surface area is 175 Å². The first kappa shape index (κ1) is 20.4. The van der Waals surface area contributed by atoms with Crippen LogP contribution < -0.4 is 10.4 Å². The molecule has 10 heteroatoms. The quantitative estimate of drug-likeness (QED) is 0.686. The number of rotatable bonds is 6. The minimum absolute atomic E-state index is 0.0452. The van der Waals surface area contributed by atoms with E-state index >= 15 is 0 Å². The summed E-state index contributed by atoms with van der Waals surface area (Å²) in [7, 11) is -0.806. The number of halogens is 1. The second-order valence-corrected chi connectivity index (χ2v) is 10.2. The number of nitrogens with zero attached hydrogens (tertiary/aromatic N) is 4. The maximum atomic E-state index is 13.2. The zero-order valence-corrected chi connectivity index (χ0v) is 18.1. The average Bonchev–Trinajstić information content (AvgIpc) is 3.49. The molecule has 0 amide bonds. The maximum Gasteiger partial charge on any atom is 0.345 e. The van der Waals surface area contributed by atoms with Crippen LogP contribution in [0.5, 0.6) is 5.75 Å². The van der Waals surface area contributed by atoms with Crippen molar-refractivity contribution in [2.75, 3.05) is 14.2 Å². The summed E-state index contributed by atoms with van der Waals surface area (Å²) in [5.41, 5.74) is -0.0884. The molecule has 0 spiro atoms. The molecule has 0 saturated heterocycles. The number of aryl methyl sites for hydroxylation is 1. The van der Waals surface area contributed by atoms with Crippen molar-refractivity contribution in [3.05, 3.63) is 39.5 Å². The Bertz CT molecular complexity index is 1070. The van der Waals surface area contributed by atoms with Crippen molar-refractivity contribution >= 4 is 21.6 Å². The Morgan fingerprint density at radius 2 is 2.03 bits per heavy atom. The molecule has 29 heavy (non-hydrogen) atoms. The van der Waals surface area contributed by atoms with Gasteiger partial charge >= 0.3 is 5.69 Å². The summed E-state index contributed by atoms with van der Waals surface area (Å²) >= 11 is 6.03. The summed E-state index contributed by atoms with van der Waals surface area (Å²) < 4.78 is 36.3. The molecular formula is C19H25ClN4O4S. The van der Waals surface area contributed by atoms with E-state index in [9.17, 15) is 13.2 Å². The third-order valence-electron chi connectivity index (χ3n) is 5.81. The van der Waals surface area contributed by atoms with Crippen LogP contribution in [-0.2, 0) is 29.5 Å². The minimum atomic E-state index is -3.81. The van der Waals surface area contributed by atoms with E-state index in [0.717, 1.165) is 18.7 Å². The standard InChI is InChI=1S/C19H25ClN4O4S/c1-22(29(26,27)17-11-14(20)5-7-16(17)28-2)15-6-8-18-21-24(12-13-3-4-13)19(25)23(18)10-9-15/h5,7,11,13,15H,3-4,6,8-10,12H2,1-2H3. The van der Waals surface area contributed by atoms with E-state index in [1.807, 2.05) is 0 Å². The molecule has 2 aromatic rings. The number of sulfonamides is 1. The van der Waals surface area contributed by atoms with Gasteiger partial charge in [0.25, 0.3) is 0 Å². The zero-order chi connectivity index (χ0) is 20.8. The molecule has 1 fully saturated rings. The average molecular weight is 441 g/mol. The van der Waals surface area contributed by atoms with Crippen LogP contribution in [0.1, 0.15) is 31.5 Å². The van der Waals surface area contributed by atoms with Gasteiger partial charge < -0.3 is 4.74 Å². The van der Waals surface area contributed by atoms with Gasteiger partial charge in [-0.1, -0.05) is 11.6 Å². The van der Waals surface area contributed by atoms with E-state index in [4.69, 9.17) is 16.3 Å². The molecular weight excluding hydrogens is 416 g/mol. The SMILES string of the molecule is COc1ccc(Cl)cc1S(=O)(=O)N(C)C1CCc2nn(CC3CC3)c(=O)n2CC1. The Hall–Kier alpha value is -1.84. The number of hydrogen-bond donors (Lipinski definition) is 0. The fraction of sp³-hybridized carbons (Fsp3) is 0.579. The van der Waals surface area contributed by atoms with Crippen LogP contribution in [0.25, 0.3) is 0 Å². The van der Waals surface area contributed by atoms with Crippen molar-refractivity contribution in [1.82, 2.24) is 18.7 Å². The molecule has 0 bridgehead atoms. The molecule has 1 atom stereocenters. The molecule has 2 aliphatic rings. The van der Waals surface area contributed by atoms with Crippen LogP contribution in [0.4, 0.5) is 0 Å². The molecule has 1 aliphatic heterocycles. The van der Waals surface area contributed by atoms with Crippen molar-refractivity contribution in [2.24, 2.45) is 5.92 Å². The maximum absolute atomic E-state index is 13.2. The molecule has 1 saturated carbocycles. The van der Waals surface area contributed by atoms with Gasteiger partial charge in [-0.3, -0.25) is 4.57 Å². The number of methoxy groups -OCH3 is 1. The van der Waals surface area contributed by atoms with Gasteiger partial charge in [0.2, 0.25) is 10.0 Å². The Morgan fingerprint density at radius 1 is 1.28 bits per heavy atom. The summed E-state index contributed by atoms with van der Waals surface area (Å²) in [6.45, 7) is 1.14. The topological polar surface area (TPSA) is 86.4 Å². The van der Waals surface area contributed by atoms with Gasteiger partial charge in [0.15, 0.2) is 0 Å². The van der Waals surface area contributed by atoms with Crippen molar-refractivity contribution in [1.29, 1.82) is 0 Å². The number of hydrogen-bond acceptors (Lipinski definition) is 5. The monoisotopic (exact) mass is 440 g/mol. The normalized spacial score (nSPS) is 19.8. The fourth-order valence-corrected chi connectivity index (χ4v) is 5.68. The molecule has 158 valence electrons. The van der Waals surface area contributed by atoms with Gasteiger partial charge in [-0.25, -0.2) is 17.9 Å². The lowest BCUT2D eigenvalue weighted by Crippen LogP contribution is -2.38. The largest absolute Gasteiger partial charge is 0.495 e. The first-order valence-corrected chi connectivity index (χ1v) is 11.6. The molecule has 8 nitrogen and oxygen atoms in total. The molecule has 0 radical (unpaired) electrons. The highest BCUT2D eigenvalue weighted by Crippen LogP contribution is 2.32. The first-order chi connectivity index (χ1) is 13.8. The lowest BCUT2D eigenvalue weighted by atomic mass is 10.1. The van der Waals surface area contributed by atoms with Crippen molar-refractivity contribution in [3.8, 4) is 5.75 Å². The second kappa shape index (κ2) is 7.77. The molecule has 1 unspecified atom stereocenters. The highest BCUT2D eigenvalue weighted by atomic mass is 35.5. The van der Waals surface area contributed by atoms with Gasteiger partial charge in [-0.2, -0.15) is 9.40 Å². The summed E-state index contributed by atoms with van der Waals surface area (Å²) in [4.78, 5) is 12.7. The third kappa shape index (κ3) is 3.95. The van der Waals surface area contributed by atoms with Gasteiger partial charge in [-0.15, -0.1) is 0 Å². The second-order valence-electron chi connectivity index (χ2n) is 7.77. The predicted molar refractivity (Wildman–Crippen MR) is 109 cm³/mol. The molecule has 1 aromatic heterocycles. The molecule has 1 aliphatic carbocycles. The number of fused-ring (bicyclic) bond motifs is 1. The van der Waals surface area contributed by atoms with E-state index in [1.165, 1.54) is 17.5 Å². The zero-order valence-electron chi connectivity index (χ0n) is 16.5. The van der Waals surface area contributed by atoms with E-state index in [-0.39, 0.29) is 22.4 Å². The lowest BCUT2D eigenvalue weighted by molar-refractivity contribution is 0.326. The van der Waals surface area contributed by atoms with Crippen LogP contribution >= 0.6 is 11.6 Å². The van der Waals surface area contributed by atoms with E-state index in [1.54, 1.807) is 28.4 Å². The van der Waals surface area contributed by atoms with Crippen LogP contribution in [0.2, 0.25) is 5.02 Å². The Kier molecular flexibility index (Phi) is 5.48. The van der Waals surface area contributed by atoms with Crippen molar-refractivity contribution in [2.45, 2.75) is 56.1 Å². The molecule has 2 heterocycles. The van der Waals surface area contributed by atoms with Gasteiger partial charge in [-0.05, 0) is 49.8 Å². The molecule has 0 N–H and O–H groups in total. The van der Waals surface area contributed by atoms with Crippen LogP contribution in [0, 0.1) is 5.92 Å². The van der Waals surface area contributed by atoms with Gasteiger partial charge in [0.1, 0.15) is 16.5 Å². The first-order valence-electron chi connectivity index (χ1n) is 9.79. The molecule has 4 rings (SSSR count). The third-order valence-corrected chi connectivity index (χ3v) is 7.98. The van der Waals surface area contributed by atoms with Gasteiger partial charge in [0.05, 0.1) is 7.11 Å². The summed E-state index contributed by atoms with van der Waals surface area (Å²) in [5, 5.41) is 4.83. The van der Waals surface area contributed by atoms with Crippen molar-refractivity contribution < 1.29 is 13.2 Å².